The molecule has 3 aromatic rings. The molecule has 0 spiro atoms. The Kier molecular flexibility index (Phi) is 4.07. The summed E-state index contributed by atoms with van der Waals surface area (Å²) in [6.45, 7) is 0.941. The highest BCUT2D eigenvalue weighted by atomic mass is 15.2. The van der Waals surface area contributed by atoms with Gasteiger partial charge in [-0.2, -0.15) is 5.10 Å². The average Bonchev–Trinajstić information content (AvgIpc) is 3.04. The predicted molar refractivity (Wildman–Crippen MR) is 84.9 cm³/mol. The maximum absolute atomic E-state index is 4.63. The first-order valence-corrected chi connectivity index (χ1v) is 7.09. The standard InChI is InChI=1S/C17H18N4/c1-18-12-11-13-7-5-6-10-15(13)17-19-16(20-21-17)14-8-3-2-4-9-14/h2-10,18H,11-12H2,1H3,(H,19,20,21). The number of likely N-dealkylation sites (N-methyl/N-ethyl adjacent to an activating group) is 1. The lowest BCUT2D eigenvalue weighted by molar-refractivity contribution is 0.792. The van der Waals surface area contributed by atoms with Gasteiger partial charge in [0.2, 0.25) is 0 Å². The van der Waals surface area contributed by atoms with Crippen molar-refractivity contribution in [2.24, 2.45) is 0 Å². The summed E-state index contributed by atoms with van der Waals surface area (Å²) in [7, 11) is 1.96. The molecule has 0 aliphatic heterocycles. The van der Waals surface area contributed by atoms with E-state index in [1.165, 1.54) is 5.56 Å². The van der Waals surface area contributed by atoms with Crippen molar-refractivity contribution in [3.05, 3.63) is 60.2 Å². The van der Waals surface area contributed by atoms with E-state index in [0.29, 0.717) is 0 Å². The molecule has 3 rings (SSSR count). The second-order valence-electron chi connectivity index (χ2n) is 4.88. The summed E-state index contributed by atoms with van der Waals surface area (Å²) < 4.78 is 0. The molecule has 0 fully saturated rings. The second kappa shape index (κ2) is 6.33. The van der Waals surface area contributed by atoms with Crippen LogP contribution >= 0.6 is 0 Å². The first kappa shape index (κ1) is 13.5. The third-order valence-corrected chi connectivity index (χ3v) is 3.43. The second-order valence-corrected chi connectivity index (χ2v) is 4.88. The molecule has 0 aliphatic carbocycles. The van der Waals surface area contributed by atoms with Crippen molar-refractivity contribution in [1.82, 2.24) is 20.5 Å². The molecule has 0 saturated heterocycles. The fourth-order valence-corrected chi connectivity index (χ4v) is 2.33. The zero-order valence-electron chi connectivity index (χ0n) is 12.0. The van der Waals surface area contributed by atoms with E-state index in [-0.39, 0.29) is 0 Å². The Hall–Kier alpha value is -2.46. The minimum Gasteiger partial charge on any atom is -0.319 e. The molecule has 0 saturated carbocycles. The molecule has 2 N–H and O–H groups in total. The van der Waals surface area contributed by atoms with Gasteiger partial charge in [0.15, 0.2) is 11.6 Å². The maximum Gasteiger partial charge on any atom is 0.181 e. The average molecular weight is 278 g/mol. The quantitative estimate of drug-likeness (QED) is 0.754. The van der Waals surface area contributed by atoms with Crippen molar-refractivity contribution in [3.63, 3.8) is 0 Å². The summed E-state index contributed by atoms with van der Waals surface area (Å²) in [6, 6.07) is 18.3. The van der Waals surface area contributed by atoms with E-state index < -0.39 is 0 Å². The zero-order chi connectivity index (χ0) is 14.5. The summed E-state index contributed by atoms with van der Waals surface area (Å²) in [5, 5.41) is 10.6. The molecule has 0 aliphatic rings. The van der Waals surface area contributed by atoms with Crippen molar-refractivity contribution in [2.45, 2.75) is 6.42 Å². The number of aromatic nitrogens is 3. The molecule has 0 unspecified atom stereocenters. The summed E-state index contributed by atoms with van der Waals surface area (Å²) >= 11 is 0. The van der Waals surface area contributed by atoms with Gasteiger partial charge >= 0.3 is 0 Å². The van der Waals surface area contributed by atoms with E-state index >= 15 is 0 Å². The number of rotatable bonds is 5. The fourth-order valence-electron chi connectivity index (χ4n) is 2.33. The van der Waals surface area contributed by atoms with Crippen molar-refractivity contribution in [1.29, 1.82) is 0 Å². The molecule has 0 bridgehead atoms. The van der Waals surface area contributed by atoms with E-state index in [2.05, 4.69) is 38.7 Å². The van der Waals surface area contributed by atoms with E-state index in [1.807, 2.05) is 43.4 Å². The van der Waals surface area contributed by atoms with Crippen LogP contribution in [-0.2, 0) is 6.42 Å². The largest absolute Gasteiger partial charge is 0.319 e. The van der Waals surface area contributed by atoms with Crippen LogP contribution in [0.4, 0.5) is 0 Å². The van der Waals surface area contributed by atoms with Crippen LogP contribution in [0.5, 0.6) is 0 Å². The number of nitrogens with one attached hydrogen (secondary N) is 2. The van der Waals surface area contributed by atoms with Crippen molar-refractivity contribution in [3.8, 4) is 22.8 Å². The predicted octanol–water partition coefficient (Wildman–Crippen LogP) is 2.90. The molecule has 106 valence electrons. The molecule has 21 heavy (non-hydrogen) atoms. The van der Waals surface area contributed by atoms with Crippen molar-refractivity contribution < 1.29 is 0 Å². The summed E-state index contributed by atoms with van der Waals surface area (Å²) in [5.74, 6) is 1.55. The van der Waals surface area contributed by atoms with Gasteiger partial charge in [0.05, 0.1) is 0 Å². The van der Waals surface area contributed by atoms with E-state index in [1.54, 1.807) is 0 Å². The highest BCUT2D eigenvalue weighted by molar-refractivity contribution is 5.63. The van der Waals surface area contributed by atoms with Crippen molar-refractivity contribution >= 4 is 0 Å². The molecule has 2 aromatic carbocycles. The summed E-state index contributed by atoms with van der Waals surface area (Å²) in [4.78, 5) is 4.63. The Morgan fingerprint density at radius 2 is 1.76 bits per heavy atom. The van der Waals surface area contributed by atoms with Crippen LogP contribution in [0.1, 0.15) is 5.56 Å². The van der Waals surface area contributed by atoms with E-state index in [4.69, 9.17) is 0 Å². The topological polar surface area (TPSA) is 53.6 Å². The SMILES string of the molecule is CNCCc1ccccc1-c1nc(-c2ccccc2)n[nH]1. The van der Waals surface area contributed by atoms with Gasteiger partial charge < -0.3 is 5.32 Å². The van der Waals surface area contributed by atoms with E-state index in [0.717, 1.165) is 35.7 Å². The van der Waals surface area contributed by atoms with Crippen molar-refractivity contribution in [2.75, 3.05) is 13.6 Å². The molecule has 4 nitrogen and oxygen atoms in total. The monoisotopic (exact) mass is 278 g/mol. The van der Waals surface area contributed by atoms with Crippen LogP contribution in [0.3, 0.4) is 0 Å². The van der Waals surface area contributed by atoms with Gasteiger partial charge in [0, 0.05) is 11.1 Å². The third-order valence-electron chi connectivity index (χ3n) is 3.43. The fraction of sp³-hybridized carbons (Fsp3) is 0.176. The van der Waals surface area contributed by atoms with Gasteiger partial charge in [-0.25, -0.2) is 4.98 Å². The lowest BCUT2D eigenvalue weighted by atomic mass is 10.0. The van der Waals surface area contributed by atoms with E-state index in [9.17, 15) is 0 Å². The van der Waals surface area contributed by atoms with Gasteiger partial charge in [-0.05, 0) is 25.6 Å². The van der Waals surface area contributed by atoms with Gasteiger partial charge in [0.1, 0.15) is 0 Å². The molecule has 0 amide bonds. The van der Waals surface area contributed by atoms with Crippen LogP contribution < -0.4 is 5.32 Å². The highest BCUT2D eigenvalue weighted by Gasteiger charge is 2.10. The highest BCUT2D eigenvalue weighted by Crippen LogP contribution is 2.23. The molecular weight excluding hydrogens is 260 g/mol. The van der Waals surface area contributed by atoms with Crippen LogP contribution in [0, 0.1) is 0 Å². The third kappa shape index (κ3) is 3.01. The van der Waals surface area contributed by atoms with Gasteiger partial charge in [-0.1, -0.05) is 54.6 Å². The Balaban J connectivity index is 1.93. The smallest absolute Gasteiger partial charge is 0.181 e. The number of hydrogen-bond acceptors (Lipinski definition) is 3. The van der Waals surface area contributed by atoms with Gasteiger partial charge in [0.25, 0.3) is 0 Å². The van der Waals surface area contributed by atoms with Crippen LogP contribution in [0.25, 0.3) is 22.8 Å². The Morgan fingerprint density at radius 1 is 1.00 bits per heavy atom. The molecule has 0 atom stereocenters. The Labute approximate surface area is 124 Å². The summed E-state index contributed by atoms with van der Waals surface area (Å²) in [6.07, 6.45) is 0.966. The first-order chi connectivity index (χ1) is 10.4. The number of hydrogen-bond donors (Lipinski definition) is 2. The van der Waals surface area contributed by atoms with Crippen LogP contribution in [0.15, 0.2) is 54.6 Å². The van der Waals surface area contributed by atoms with Gasteiger partial charge in [-0.3, -0.25) is 5.10 Å². The minimum atomic E-state index is 0.731. The van der Waals surface area contributed by atoms with Gasteiger partial charge in [-0.15, -0.1) is 0 Å². The number of benzene rings is 2. The van der Waals surface area contributed by atoms with Crippen LogP contribution in [-0.4, -0.2) is 28.8 Å². The minimum absolute atomic E-state index is 0.731. The molecule has 0 radical (unpaired) electrons. The first-order valence-electron chi connectivity index (χ1n) is 7.09. The number of H-pyrrole nitrogens is 1. The molecule has 1 heterocycles. The molecule has 1 aromatic heterocycles. The Morgan fingerprint density at radius 3 is 2.57 bits per heavy atom. The molecule has 4 heteroatoms. The maximum atomic E-state index is 4.63. The lowest BCUT2D eigenvalue weighted by Gasteiger charge is -2.06. The summed E-state index contributed by atoms with van der Waals surface area (Å²) in [5.41, 5.74) is 3.40. The molecular formula is C17H18N4. The number of nitrogens with zero attached hydrogens (tertiary/aromatic N) is 2. The number of aromatic amines is 1. The lowest BCUT2D eigenvalue weighted by Crippen LogP contribution is -2.10. The normalized spacial score (nSPS) is 10.7. The van der Waals surface area contributed by atoms with Crippen LogP contribution in [0.2, 0.25) is 0 Å². The zero-order valence-corrected chi connectivity index (χ0v) is 12.0. The Bertz CT molecular complexity index is 704.